The molecule has 74 valence electrons. The highest BCUT2D eigenvalue weighted by Gasteiger charge is 2.01. The molecule has 0 saturated heterocycles. The zero-order valence-electron chi connectivity index (χ0n) is 8.95. The second-order valence-electron chi connectivity index (χ2n) is 3.81. The molecule has 0 aliphatic heterocycles. The van der Waals surface area contributed by atoms with Gasteiger partial charge >= 0.3 is 0 Å². The van der Waals surface area contributed by atoms with Crippen LogP contribution >= 0.6 is 0 Å². The second-order valence-corrected chi connectivity index (χ2v) is 3.81. The molecule has 0 spiro atoms. The minimum atomic E-state index is -0.00393. The van der Waals surface area contributed by atoms with Gasteiger partial charge in [0.05, 0.1) is 0 Å². The normalized spacial score (nSPS) is 11.9. The lowest BCUT2D eigenvalue weighted by Crippen LogP contribution is -1.93. The van der Waals surface area contributed by atoms with Crippen molar-refractivity contribution in [1.29, 1.82) is 0 Å². The van der Waals surface area contributed by atoms with E-state index in [1.165, 1.54) is 11.1 Å². The molecule has 0 saturated carbocycles. The lowest BCUT2D eigenvalue weighted by Gasteiger charge is -2.03. The fourth-order valence-electron chi connectivity index (χ4n) is 1.31. The highest BCUT2D eigenvalue weighted by Crippen LogP contribution is 2.15. The van der Waals surface area contributed by atoms with Gasteiger partial charge in [0.15, 0.2) is 0 Å². The van der Waals surface area contributed by atoms with E-state index in [2.05, 4.69) is 19.9 Å². The van der Waals surface area contributed by atoms with Crippen LogP contribution in [0.25, 0.3) is 6.08 Å². The van der Waals surface area contributed by atoms with Crippen molar-refractivity contribution >= 4 is 12.4 Å². The van der Waals surface area contributed by atoms with Gasteiger partial charge in [-0.3, -0.25) is 0 Å². The monoisotopic (exact) mass is 188 g/mol. The van der Waals surface area contributed by atoms with E-state index in [9.17, 15) is 4.79 Å². The molecule has 0 amide bonds. The number of benzene rings is 1. The third-order valence-electron chi connectivity index (χ3n) is 2.12. The van der Waals surface area contributed by atoms with Crippen LogP contribution in [0.5, 0.6) is 0 Å². The number of hydrogen-bond donors (Lipinski definition) is 0. The van der Waals surface area contributed by atoms with Gasteiger partial charge in [-0.25, -0.2) is 0 Å². The first-order valence-electron chi connectivity index (χ1n) is 4.83. The number of aldehydes is 1. The predicted molar refractivity (Wildman–Crippen MR) is 60.2 cm³/mol. The highest BCUT2D eigenvalue weighted by atomic mass is 16.1. The van der Waals surface area contributed by atoms with E-state index in [4.69, 9.17) is 0 Å². The first kappa shape index (κ1) is 10.7. The van der Waals surface area contributed by atoms with Crippen molar-refractivity contribution in [2.45, 2.75) is 26.7 Å². The fourth-order valence-corrected chi connectivity index (χ4v) is 1.31. The maximum atomic E-state index is 10.6. The van der Waals surface area contributed by atoms with Crippen molar-refractivity contribution in [3.05, 3.63) is 41.0 Å². The van der Waals surface area contributed by atoms with E-state index in [1.807, 2.05) is 31.2 Å². The van der Waals surface area contributed by atoms with E-state index in [-0.39, 0.29) is 5.92 Å². The van der Waals surface area contributed by atoms with Crippen LogP contribution in [0, 0.1) is 0 Å². The molecule has 0 N–H and O–H groups in total. The van der Waals surface area contributed by atoms with Crippen LogP contribution in [0.1, 0.15) is 37.8 Å². The van der Waals surface area contributed by atoms with Gasteiger partial charge in [0.1, 0.15) is 6.29 Å². The molecular formula is C13H16O. The topological polar surface area (TPSA) is 17.1 Å². The van der Waals surface area contributed by atoms with Gasteiger partial charge < -0.3 is 4.79 Å². The summed E-state index contributed by atoms with van der Waals surface area (Å²) in [5.74, 6) is -0.00393. The Kier molecular flexibility index (Phi) is 3.63. The minimum absolute atomic E-state index is 0.00393. The zero-order valence-corrected chi connectivity index (χ0v) is 8.95. The first-order valence-corrected chi connectivity index (χ1v) is 4.83. The van der Waals surface area contributed by atoms with Crippen molar-refractivity contribution in [1.82, 2.24) is 0 Å². The average molecular weight is 188 g/mol. The van der Waals surface area contributed by atoms with Crippen LogP contribution in [-0.2, 0) is 4.79 Å². The summed E-state index contributed by atoms with van der Waals surface area (Å²) in [7, 11) is 0. The smallest absolute Gasteiger partial charge is 0.127 e. The fraction of sp³-hybridized carbons (Fsp3) is 0.308. The van der Waals surface area contributed by atoms with Crippen molar-refractivity contribution in [2.24, 2.45) is 0 Å². The molecule has 1 unspecified atom stereocenters. The molecule has 0 aromatic heterocycles. The van der Waals surface area contributed by atoms with Crippen LogP contribution in [0.15, 0.2) is 29.8 Å². The summed E-state index contributed by atoms with van der Waals surface area (Å²) in [4.78, 5) is 10.6. The summed E-state index contributed by atoms with van der Waals surface area (Å²) in [6.07, 6.45) is 3.09. The Labute approximate surface area is 85.5 Å². The van der Waals surface area contributed by atoms with Crippen LogP contribution in [0.4, 0.5) is 0 Å². The number of carbonyl (C=O) groups is 1. The molecule has 1 rings (SSSR count). The molecule has 14 heavy (non-hydrogen) atoms. The minimum Gasteiger partial charge on any atom is -0.303 e. The van der Waals surface area contributed by atoms with Crippen molar-refractivity contribution in [2.75, 3.05) is 0 Å². The summed E-state index contributed by atoms with van der Waals surface area (Å²) in [6.45, 7) is 6.05. The maximum Gasteiger partial charge on any atom is 0.127 e. The van der Waals surface area contributed by atoms with E-state index >= 15 is 0 Å². The number of hydrogen-bond acceptors (Lipinski definition) is 1. The molecule has 0 bridgehead atoms. The second kappa shape index (κ2) is 4.75. The van der Waals surface area contributed by atoms with Gasteiger partial charge in [-0.05, 0) is 25.0 Å². The zero-order chi connectivity index (χ0) is 10.6. The van der Waals surface area contributed by atoms with Crippen molar-refractivity contribution < 1.29 is 4.79 Å². The summed E-state index contributed by atoms with van der Waals surface area (Å²) in [5, 5.41) is 0. The molecule has 1 aromatic carbocycles. The highest BCUT2D eigenvalue weighted by molar-refractivity contribution is 5.62. The Morgan fingerprint density at radius 2 is 1.79 bits per heavy atom. The standard InChI is InChI=1S/C13H16O/c1-10(2)8-12-4-6-13(7-5-12)11(3)9-14/h4-9,11H,1-3H3. The van der Waals surface area contributed by atoms with Gasteiger partial charge in [-0.15, -0.1) is 0 Å². The Morgan fingerprint density at radius 3 is 2.21 bits per heavy atom. The maximum absolute atomic E-state index is 10.6. The van der Waals surface area contributed by atoms with Gasteiger partial charge in [-0.1, -0.05) is 42.8 Å². The molecule has 1 nitrogen and oxygen atoms in total. The molecule has 0 aliphatic rings. The van der Waals surface area contributed by atoms with E-state index in [0.29, 0.717) is 0 Å². The third-order valence-corrected chi connectivity index (χ3v) is 2.12. The number of allylic oxidation sites excluding steroid dienone is 1. The van der Waals surface area contributed by atoms with Crippen molar-refractivity contribution in [3.63, 3.8) is 0 Å². The Bertz CT molecular complexity index is 329. The average Bonchev–Trinajstić information content (AvgIpc) is 2.17. The molecule has 1 atom stereocenters. The summed E-state index contributed by atoms with van der Waals surface area (Å²) < 4.78 is 0. The Balaban J connectivity index is 2.89. The Morgan fingerprint density at radius 1 is 1.21 bits per heavy atom. The molecular weight excluding hydrogens is 172 g/mol. The first-order chi connectivity index (χ1) is 6.63. The molecule has 0 radical (unpaired) electrons. The molecule has 0 aliphatic carbocycles. The van der Waals surface area contributed by atoms with E-state index in [1.54, 1.807) is 0 Å². The van der Waals surface area contributed by atoms with Crippen LogP contribution < -0.4 is 0 Å². The van der Waals surface area contributed by atoms with Crippen LogP contribution in [-0.4, -0.2) is 6.29 Å². The quantitative estimate of drug-likeness (QED) is 0.664. The van der Waals surface area contributed by atoms with Gasteiger partial charge in [0, 0.05) is 5.92 Å². The molecule has 1 aromatic rings. The Hall–Kier alpha value is -1.37. The summed E-state index contributed by atoms with van der Waals surface area (Å²) in [5.41, 5.74) is 3.54. The lowest BCUT2D eigenvalue weighted by molar-refractivity contribution is -0.108. The summed E-state index contributed by atoms with van der Waals surface area (Å²) >= 11 is 0. The van der Waals surface area contributed by atoms with Gasteiger partial charge in [0.25, 0.3) is 0 Å². The predicted octanol–water partition coefficient (Wildman–Crippen LogP) is 3.41. The van der Waals surface area contributed by atoms with Crippen molar-refractivity contribution in [3.8, 4) is 0 Å². The van der Waals surface area contributed by atoms with Crippen LogP contribution in [0.3, 0.4) is 0 Å². The molecule has 0 heterocycles. The molecule has 0 fully saturated rings. The largest absolute Gasteiger partial charge is 0.303 e. The van der Waals surface area contributed by atoms with E-state index in [0.717, 1.165) is 11.8 Å². The van der Waals surface area contributed by atoms with Gasteiger partial charge in [-0.2, -0.15) is 0 Å². The van der Waals surface area contributed by atoms with E-state index < -0.39 is 0 Å². The van der Waals surface area contributed by atoms with Gasteiger partial charge in [0.2, 0.25) is 0 Å². The SMILES string of the molecule is CC(C)=Cc1ccc(C(C)C=O)cc1. The third kappa shape index (κ3) is 2.84. The summed E-state index contributed by atoms with van der Waals surface area (Å²) in [6, 6.07) is 8.10. The number of carbonyl (C=O) groups excluding carboxylic acids is 1. The number of rotatable bonds is 3. The molecule has 1 heteroatoms. The van der Waals surface area contributed by atoms with Crippen LogP contribution in [0.2, 0.25) is 0 Å². The lowest BCUT2D eigenvalue weighted by atomic mass is 10.0.